The van der Waals surface area contributed by atoms with Crippen LogP contribution in [0.15, 0.2) is 0 Å². The molecular weight excluding hydrogens is 460 g/mol. The van der Waals surface area contributed by atoms with Crippen LogP contribution in [0.25, 0.3) is 0 Å². The zero-order valence-electron chi connectivity index (χ0n) is 19.5. The second kappa shape index (κ2) is 7.85. The lowest BCUT2D eigenvalue weighted by Crippen LogP contribution is -2.67. The Morgan fingerprint density at radius 3 is 2.35 bits per heavy atom. The minimum atomic E-state index is -0.506. The lowest BCUT2D eigenvalue weighted by Gasteiger charge is -2.64. The molecular formula is C25H37BrO5. The quantitative estimate of drug-likeness (QED) is 0.395. The monoisotopic (exact) mass is 496 g/mol. The van der Waals surface area contributed by atoms with Crippen LogP contribution in [0.2, 0.25) is 0 Å². The summed E-state index contributed by atoms with van der Waals surface area (Å²) < 4.78 is 10.6. The summed E-state index contributed by atoms with van der Waals surface area (Å²) in [5.74, 6) is 1.25. The predicted molar refractivity (Wildman–Crippen MR) is 121 cm³/mol. The van der Waals surface area contributed by atoms with E-state index in [0.29, 0.717) is 30.0 Å². The van der Waals surface area contributed by atoms with Gasteiger partial charge in [-0.1, -0.05) is 29.8 Å². The van der Waals surface area contributed by atoms with Crippen molar-refractivity contribution in [3.8, 4) is 0 Å². The first-order valence-corrected chi connectivity index (χ1v) is 12.8. The fourth-order valence-corrected chi connectivity index (χ4v) is 9.64. The molecule has 0 bridgehead atoms. The average Bonchev–Trinajstić information content (AvgIpc) is 2.99. The van der Waals surface area contributed by atoms with E-state index >= 15 is 0 Å². The van der Waals surface area contributed by atoms with E-state index in [9.17, 15) is 14.4 Å². The van der Waals surface area contributed by atoms with E-state index in [1.807, 2.05) is 6.92 Å². The van der Waals surface area contributed by atoms with Crippen LogP contribution < -0.4 is 0 Å². The number of esters is 2. The molecule has 4 saturated carbocycles. The van der Waals surface area contributed by atoms with Crippen molar-refractivity contribution in [1.29, 1.82) is 0 Å². The largest absolute Gasteiger partial charge is 0.463 e. The smallest absolute Gasteiger partial charge is 0.302 e. The first-order valence-electron chi connectivity index (χ1n) is 12.0. The fraction of sp³-hybridized carbons (Fsp3) is 0.880. The molecule has 0 aromatic rings. The van der Waals surface area contributed by atoms with E-state index in [-0.39, 0.29) is 40.9 Å². The number of ether oxygens (including phenoxy) is 2. The van der Waals surface area contributed by atoms with Crippen molar-refractivity contribution in [2.45, 2.75) is 103 Å². The van der Waals surface area contributed by atoms with Crippen molar-refractivity contribution in [1.82, 2.24) is 0 Å². The van der Waals surface area contributed by atoms with Crippen molar-refractivity contribution < 1.29 is 23.9 Å². The van der Waals surface area contributed by atoms with Gasteiger partial charge in [0.05, 0.1) is 4.32 Å². The van der Waals surface area contributed by atoms with E-state index in [1.54, 1.807) is 0 Å². The molecule has 9 atom stereocenters. The van der Waals surface area contributed by atoms with Gasteiger partial charge >= 0.3 is 11.9 Å². The molecule has 0 aromatic heterocycles. The van der Waals surface area contributed by atoms with Gasteiger partial charge in [0.15, 0.2) is 5.78 Å². The maximum absolute atomic E-state index is 14.0. The van der Waals surface area contributed by atoms with Gasteiger partial charge in [-0.15, -0.1) is 0 Å². The molecule has 6 heteroatoms. The van der Waals surface area contributed by atoms with Gasteiger partial charge in [0.25, 0.3) is 0 Å². The minimum Gasteiger partial charge on any atom is -0.463 e. The minimum absolute atomic E-state index is 0.0207. The number of carbonyl (C=O) groups is 3. The Hall–Kier alpha value is -0.910. The lowest BCUT2D eigenvalue weighted by molar-refractivity contribution is -0.165. The highest BCUT2D eigenvalue weighted by Crippen LogP contribution is 2.71. The lowest BCUT2D eigenvalue weighted by atomic mass is 9.44. The first-order chi connectivity index (χ1) is 14.4. The number of ketones is 1. The van der Waals surface area contributed by atoms with Crippen molar-refractivity contribution in [2.24, 2.45) is 34.5 Å². The molecule has 4 fully saturated rings. The van der Waals surface area contributed by atoms with Gasteiger partial charge in [-0.25, -0.2) is 0 Å². The van der Waals surface area contributed by atoms with Gasteiger partial charge in [-0.05, 0) is 80.5 Å². The molecule has 0 amide bonds. The van der Waals surface area contributed by atoms with E-state index < -0.39 is 4.32 Å². The fourth-order valence-electron chi connectivity index (χ4n) is 8.43. The van der Waals surface area contributed by atoms with Crippen LogP contribution in [0.4, 0.5) is 0 Å². The highest BCUT2D eigenvalue weighted by molar-refractivity contribution is 9.10. The summed E-state index contributed by atoms with van der Waals surface area (Å²) >= 11 is 4.12. The van der Waals surface area contributed by atoms with Crippen LogP contribution >= 0.6 is 15.9 Å². The Morgan fingerprint density at radius 1 is 1.03 bits per heavy atom. The maximum atomic E-state index is 14.0. The molecule has 0 heterocycles. The number of halogens is 1. The third kappa shape index (κ3) is 3.41. The van der Waals surface area contributed by atoms with Crippen LogP contribution in [0.1, 0.15) is 86.0 Å². The Kier molecular flexibility index (Phi) is 5.89. The van der Waals surface area contributed by atoms with Crippen LogP contribution in [-0.2, 0) is 23.9 Å². The van der Waals surface area contributed by atoms with Gasteiger partial charge in [-0.2, -0.15) is 0 Å². The molecule has 0 saturated heterocycles. The van der Waals surface area contributed by atoms with Crippen molar-refractivity contribution in [3.05, 3.63) is 0 Å². The second-order valence-electron chi connectivity index (χ2n) is 11.2. The summed E-state index contributed by atoms with van der Waals surface area (Å²) in [6, 6.07) is 0. The third-order valence-corrected chi connectivity index (χ3v) is 11.7. The molecule has 5 nitrogen and oxygen atoms in total. The number of fused-ring (bicyclic) bond motifs is 5. The van der Waals surface area contributed by atoms with E-state index in [4.69, 9.17) is 9.47 Å². The van der Waals surface area contributed by atoms with E-state index in [2.05, 4.69) is 29.8 Å². The Balaban J connectivity index is 1.62. The molecule has 4 aliphatic carbocycles. The summed E-state index contributed by atoms with van der Waals surface area (Å²) in [4.78, 5) is 37.0. The summed E-state index contributed by atoms with van der Waals surface area (Å²) in [6.07, 6.45) is 7.17. The van der Waals surface area contributed by atoms with Crippen LogP contribution in [0.5, 0.6) is 0 Å². The molecule has 174 valence electrons. The number of carbonyl (C=O) groups excluding carboxylic acids is 3. The predicted octanol–water partition coefficient (Wildman–Crippen LogP) is 5.23. The van der Waals surface area contributed by atoms with Crippen LogP contribution in [0, 0.1) is 34.5 Å². The summed E-state index contributed by atoms with van der Waals surface area (Å²) in [5, 5.41) is 0. The van der Waals surface area contributed by atoms with Gasteiger partial charge in [0, 0.05) is 26.2 Å². The van der Waals surface area contributed by atoms with Gasteiger partial charge in [0.1, 0.15) is 12.2 Å². The number of rotatable bonds is 3. The third-order valence-electron chi connectivity index (χ3n) is 9.77. The summed E-state index contributed by atoms with van der Waals surface area (Å²) in [6.45, 7) is 9.52. The number of hydrogen-bond acceptors (Lipinski definition) is 5. The molecule has 0 unspecified atom stereocenters. The van der Waals surface area contributed by atoms with Crippen molar-refractivity contribution in [3.63, 3.8) is 0 Å². The van der Waals surface area contributed by atoms with Crippen molar-refractivity contribution in [2.75, 3.05) is 0 Å². The van der Waals surface area contributed by atoms with Crippen molar-refractivity contribution >= 4 is 33.7 Å². The SMILES string of the molecule is CC(=O)O[C@@H]1CC[C@]2(C)[C@@H](CC[C@@H]3[C@@H]4CC[C@H]([C@H](C)OC(C)=O)[C@]4(C)CC(=O)[C@@]32Br)C1. The topological polar surface area (TPSA) is 69.7 Å². The molecule has 0 aliphatic heterocycles. The second-order valence-corrected chi connectivity index (χ2v) is 12.5. The molecule has 0 aromatic carbocycles. The van der Waals surface area contributed by atoms with Gasteiger partial charge in [-0.3, -0.25) is 14.4 Å². The van der Waals surface area contributed by atoms with Gasteiger partial charge in [0.2, 0.25) is 0 Å². The summed E-state index contributed by atoms with van der Waals surface area (Å²) in [5.41, 5.74) is -0.239. The van der Waals surface area contributed by atoms with E-state index in [0.717, 1.165) is 44.9 Å². The maximum Gasteiger partial charge on any atom is 0.302 e. The number of hydrogen-bond donors (Lipinski definition) is 0. The molecule has 0 spiro atoms. The molecule has 0 radical (unpaired) electrons. The number of alkyl halides is 1. The van der Waals surface area contributed by atoms with Gasteiger partial charge < -0.3 is 9.47 Å². The summed E-state index contributed by atoms with van der Waals surface area (Å²) in [7, 11) is 0. The molecule has 4 aliphatic rings. The molecule has 0 N–H and O–H groups in total. The normalized spacial score (nSPS) is 47.5. The Morgan fingerprint density at radius 2 is 1.71 bits per heavy atom. The molecule has 31 heavy (non-hydrogen) atoms. The standard InChI is InChI=1S/C25H37BrO5/c1-14(30-15(2)27)19-8-9-20-21-7-6-17-12-18(31-16(3)28)10-11-24(17,5)25(21,26)22(29)13-23(19,20)4/h14,17-21H,6-13H2,1-5H3/t14-,17-,18+,19+,20-,21+,23-,24+,25-/m0/s1. The zero-order valence-corrected chi connectivity index (χ0v) is 21.1. The van der Waals surface area contributed by atoms with Crippen LogP contribution in [0.3, 0.4) is 0 Å². The highest BCUT2D eigenvalue weighted by atomic mass is 79.9. The zero-order chi connectivity index (χ0) is 22.8. The highest BCUT2D eigenvalue weighted by Gasteiger charge is 2.70. The van der Waals surface area contributed by atoms with Crippen LogP contribution in [-0.4, -0.2) is 34.3 Å². The number of Topliss-reactive ketones (excluding diaryl/α,β-unsaturated/α-hetero) is 1. The Labute approximate surface area is 194 Å². The van der Waals surface area contributed by atoms with E-state index in [1.165, 1.54) is 13.8 Å². The molecule has 4 rings (SSSR count). The average molecular weight is 497 g/mol. The Bertz CT molecular complexity index is 782. The first kappa shape index (κ1) is 23.3.